The Bertz CT molecular complexity index is 838. The van der Waals surface area contributed by atoms with E-state index < -0.39 is 46.8 Å². The fourth-order valence-electron chi connectivity index (χ4n) is 2.76. The number of benzene rings is 1. The summed E-state index contributed by atoms with van der Waals surface area (Å²) in [7, 11) is -1.64. The summed E-state index contributed by atoms with van der Waals surface area (Å²) >= 11 is 0. The van der Waals surface area contributed by atoms with Gasteiger partial charge in [0, 0.05) is 13.1 Å². The number of nitrogens with zero attached hydrogens (tertiary/aromatic N) is 1. The van der Waals surface area contributed by atoms with Crippen molar-refractivity contribution >= 4 is 27.6 Å². The predicted molar refractivity (Wildman–Crippen MR) is 101 cm³/mol. The van der Waals surface area contributed by atoms with Crippen molar-refractivity contribution in [3.8, 4) is 5.75 Å². The van der Waals surface area contributed by atoms with Gasteiger partial charge in [0.15, 0.2) is 16.4 Å². The SMILES string of the molecule is CCOc1ccccc1C(=O)NCC(=O)OCC(=O)N(C)[C@H]1CCS(=O)(=O)C1. The lowest BCUT2D eigenvalue weighted by molar-refractivity contribution is -0.151. The Hall–Kier alpha value is -2.62. The van der Waals surface area contributed by atoms with E-state index >= 15 is 0 Å². The molecule has 2 amide bonds. The summed E-state index contributed by atoms with van der Waals surface area (Å²) in [6.45, 7) is 1.26. The quantitative estimate of drug-likeness (QED) is 0.597. The first kappa shape index (κ1) is 21.7. The molecule has 1 atom stereocenters. The molecule has 1 aliphatic heterocycles. The van der Waals surface area contributed by atoms with Gasteiger partial charge in [0.2, 0.25) is 0 Å². The van der Waals surface area contributed by atoms with Crippen LogP contribution in [0.4, 0.5) is 0 Å². The Morgan fingerprint density at radius 1 is 1.25 bits per heavy atom. The van der Waals surface area contributed by atoms with Gasteiger partial charge in [-0.05, 0) is 25.5 Å². The van der Waals surface area contributed by atoms with Crippen LogP contribution in [0.3, 0.4) is 0 Å². The largest absolute Gasteiger partial charge is 0.493 e. The molecule has 0 spiro atoms. The maximum atomic E-state index is 12.2. The second-order valence-corrected chi connectivity index (χ2v) is 8.56. The van der Waals surface area contributed by atoms with Crippen molar-refractivity contribution in [2.75, 3.05) is 38.3 Å². The first-order chi connectivity index (χ1) is 13.2. The van der Waals surface area contributed by atoms with Crippen LogP contribution >= 0.6 is 0 Å². The van der Waals surface area contributed by atoms with E-state index in [0.717, 1.165) is 0 Å². The monoisotopic (exact) mass is 412 g/mol. The molecule has 0 aromatic heterocycles. The summed E-state index contributed by atoms with van der Waals surface area (Å²) < 4.78 is 33.2. The number of amides is 2. The van der Waals surface area contributed by atoms with Gasteiger partial charge in [-0.1, -0.05) is 12.1 Å². The molecule has 28 heavy (non-hydrogen) atoms. The van der Waals surface area contributed by atoms with Crippen molar-refractivity contribution in [1.82, 2.24) is 10.2 Å². The number of sulfone groups is 1. The molecule has 0 radical (unpaired) electrons. The van der Waals surface area contributed by atoms with Crippen LogP contribution in [-0.4, -0.2) is 75.5 Å². The van der Waals surface area contributed by atoms with Crippen LogP contribution in [0.25, 0.3) is 0 Å². The molecule has 1 aromatic rings. The summed E-state index contributed by atoms with van der Waals surface area (Å²) in [5.41, 5.74) is 0.287. The number of nitrogens with one attached hydrogen (secondary N) is 1. The molecule has 1 N–H and O–H groups in total. The Labute approximate surface area is 163 Å². The highest BCUT2D eigenvalue weighted by atomic mass is 32.2. The fraction of sp³-hybridized carbons (Fsp3) is 0.500. The van der Waals surface area contributed by atoms with Crippen LogP contribution in [0.15, 0.2) is 24.3 Å². The molecule has 1 heterocycles. The smallest absolute Gasteiger partial charge is 0.325 e. The van der Waals surface area contributed by atoms with Crippen molar-refractivity contribution in [1.29, 1.82) is 0 Å². The molecule has 0 unspecified atom stereocenters. The number of likely N-dealkylation sites (N-methyl/N-ethyl adjacent to an activating group) is 1. The molecule has 0 bridgehead atoms. The van der Waals surface area contributed by atoms with E-state index in [9.17, 15) is 22.8 Å². The highest BCUT2D eigenvalue weighted by molar-refractivity contribution is 7.91. The van der Waals surface area contributed by atoms with Gasteiger partial charge in [-0.25, -0.2) is 8.42 Å². The topological polar surface area (TPSA) is 119 Å². The minimum Gasteiger partial charge on any atom is -0.493 e. The third-order valence-corrected chi connectivity index (χ3v) is 6.08. The Morgan fingerprint density at radius 3 is 2.61 bits per heavy atom. The number of carbonyl (C=O) groups is 3. The van der Waals surface area contributed by atoms with E-state index in [1.54, 1.807) is 31.2 Å². The van der Waals surface area contributed by atoms with E-state index in [-0.39, 0.29) is 17.1 Å². The Balaban J connectivity index is 1.78. The highest BCUT2D eigenvalue weighted by Crippen LogP contribution is 2.18. The number of esters is 1. The zero-order chi connectivity index (χ0) is 20.7. The second-order valence-electron chi connectivity index (χ2n) is 6.33. The lowest BCUT2D eigenvalue weighted by Crippen LogP contribution is -2.41. The Kier molecular flexibility index (Phi) is 7.38. The Morgan fingerprint density at radius 2 is 1.96 bits per heavy atom. The van der Waals surface area contributed by atoms with Crippen molar-refractivity contribution in [2.45, 2.75) is 19.4 Å². The lowest BCUT2D eigenvalue weighted by Gasteiger charge is -2.23. The van der Waals surface area contributed by atoms with Crippen LogP contribution in [0.5, 0.6) is 5.75 Å². The highest BCUT2D eigenvalue weighted by Gasteiger charge is 2.32. The van der Waals surface area contributed by atoms with Crippen molar-refractivity contribution in [2.24, 2.45) is 0 Å². The molecule has 1 aromatic carbocycles. The van der Waals surface area contributed by atoms with Crippen molar-refractivity contribution in [3.05, 3.63) is 29.8 Å². The molecule has 1 saturated heterocycles. The van der Waals surface area contributed by atoms with Crippen LogP contribution < -0.4 is 10.1 Å². The molecule has 2 rings (SSSR count). The number of ether oxygens (including phenoxy) is 2. The van der Waals surface area contributed by atoms with Crippen LogP contribution in [-0.2, 0) is 24.2 Å². The minimum absolute atomic E-state index is 0.0460. The van der Waals surface area contributed by atoms with Gasteiger partial charge in [-0.15, -0.1) is 0 Å². The molecule has 1 fully saturated rings. The number of rotatable bonds is 8. The van der Waals surface area contributed by atoms with E-state index in [1.807, 2.05) is 0 Å². The number of carbonyl (C=O) groups excluding carboxylic acids is 3. The molecule has 10 heteroatoms. The first-order valence-electron chi connectivity index (χ1n) is 8.85. The molecule has 154 valence electrons. The molecular weight excluding hydrogens is 388 g/mol. The van der Waals surface area contributed by atoms with Gasteiger partial charge in [0.25, 0.3) is 11.8 Å². The fourth-order valence-corrected chi connectivity index (χ4v) is 4.54. The molecule has 0 aliphatic carbocycles. The number of hydrogen-bond donors (Lipinski definition) is 1. The molecule has 1 aliphatic rings. The van der Waals surface area contributed by atoms with E-state index in [4.69, 9.17) is 9.47 Å². The molecule has 9 nitrogen and oxygen atoms in total. The first-order valence-corrected chi connectivity index (χ1v) is 10.7. The standard InChI is InChI=1S/C18H24N2O7S/c1-3-26-15-7-5-4-6-14(15)18(23)19-10-17(22)27-11-16(21)20(2)13-8-9-28(24,25)12-13/h4-7,13H,3,8-12H2,1-2H3,(H,19,23)/t13-/m0/s1. The van der Waals surface area contributed by atoms with Crippen molar-refractivity contribution in [3.63, 3.8) is 0 Å². The second kappa shape index (κ2) is 9.54. The average molecular weight is 412 g/mol. The molecular formula is C18H24N2O7S. The van der Waals surface area contributed by atoms with Gasteiger partial charge < -0.3 is 19.7 Å². The van der Waals surface area contributed by atoms with E-state index in [1.165, 1.54) is 11.9 Å². The summed E-state index contributed by atoms with van der Waals surface area (Å²) in [6, 6.07) is 6.21. The van der Waals surface area contributed by atoms with Gasteiger partial charge >= 0.3 is 5.97 Å². The van der Waals surface area contributed by atoms with Gasteiger partial charge in [0.1, 0.15) is 12.3 Å². The number of para-hydroxylation sites is 1. The van der Waals surface area contributed by atoms with Gasteiger partial charge in [-0.2, -0.15) is 0 Å². The molecule has 0 saturated carbocycles. The number of hydrogen-bond acceptors (Lipinski definition) is 7. The summed E-state index contributed by atoms with van der Waals surface area (Å²) in [6.07, 6.45) is 0.369. The van der Waals surface area contributed by atoms with Crippen molar-refractivity contribution < 1.29 is 32.3 Å². The summed E-state index contributed by atoms with van der Waals surface area (Å²) in [5.74, 6) is -1.41. The zero-order valence-electron chi connectivity index (χ0n) is 15.8. The van der Waals surface area contributed by atoms with Gasteiger partial charge in [0.05, 0.1) is 23.7 Å². The normalized spacial score (nSPS) is 17.6. The lowest BCUT2D eigenvalue weighted by atomic mass is 10.2. The zero-order valence-corrected chi connectivity index (χ0v) is 16.7. The average Bonchev–Trinajstić information content (AvgIpc) is 3.04. The van der Waals surface area contributed by atoms with E-state index in [2.05, 4.69) is 5.32 Å². The predicted octanol–water partition coefficient (Wildman–Crippen LogP) is 0.00380. The van der Waals surface area contributed by atoms with Crippen LogP contribution in [0.1, 0.15) is 23.7 Å². The van der Waals surface area contributed by atoms with Crippen LogP contribution in [0, 0.1) is 0 Å². The summed E-state index contributed by atoms with van der Waals surface area (Å²) in [4.78, 5) is 37.4. The third-order valence-electron chi connectivity index (χ3n) is 4.33. The maximum absolute atomic E-state index is 12.2. The van der Waals surface area contributed by atoms with Crippen LogP contribution in [0.2, 0.25) is 0 Å². The van der Waals surface area contributed by atoms with Gasteiger partial charge in [-0.3, -0.25) is 14.4 Å². The summed E-state index contributed by atoms with van der Waals surface area (Å²) in [5, 5.41) is 2.42. The maximum Gasteiger partial charge on any atom is 0.325 e. The third kappa shape index (κ3) is 5.95. The minimum atomic E-state index is -3.12. The van der Waals surface area contributed by atoms with E-state index in [0.29, 0.717) is 18.8 Å².